The first-order valence-electron chi connectivity index (χ1n) is 13.0. The van der Waals surface area contributed by atoms with Crippen LogP contribution in [0.25, 0.3) is 0 Å². The lowest BCUT2D eigenvalue weighted by molar-refractivity contribution is -0.139. The standard InChI is InChI=1S/C30H35Cl2N3O4S/c1-6-13-33-30(37)23(5)34(18-24-9-12-27(31)28(32)17-24)29(36)19-35(25-15-21(3)14-22(4)16-25)40(38,39)26-10-7-20(2)8-11-26/h7-12,14-17,23H,6,13,18-19H2,1-5H3,(H,33,37). The minimum absolute atomic E-state index is 0.0295. The number of carbonyl (C=O) groups is 2. The molecule has 214 valence electrons. The molecule has 0 saturated carbocycles. The van der Waals surface area contributed by atoms with Crippen molar-refractivity contribution in [1.82, 2.24) is 10.2 Å². The number of nitrogens with one attached hydrogen (secondary N) is 1. The molecule has 0 aliphatic heterocycles. The largest absolute Gasteiger partial charge is 0.354 e. The summed E-state index contributed by atoms with van der Waals surface area (Å²) < 4.78 is 29.0. The van der Waals surface area contributed by atoms with Crippen LogP contribution in [0.1, 0.15) is 42.5 Å². The van der Waals surface area contributed by atoms with Gasteiger partial charge < -0.3 is 10.2 Å². The van der Waals surface area contributed by atoms with Crippen LogP contribution >= 0.6 is 23.2 Å². The van der Waals surface area contributed by atoms with E-state index in [2.05, 4.69) is 5.32 Å². The fraction of sp³-hybridized carbons (Fsp3) is 0.333. The Bertz CT molecular complexity index is 1460. The van der Waals surface area contributed by atoms with E-state index in [1.807, 2.05) is 33.8 Å². The number of hydrogen-bond acceptors (Lipinski definition) is 4. The molecular formula is C30H35Cl2N3O4S. The lowest BCUT2D eigenvalue weighted by Gasteiger charge is -2.32. The van der Waals surface area contributed by atoms with Gasteiger partial charge in [-0.05, 0) is 87.2 Å². The van der Waals surface area contributed by atoms with Gasteiger partial charge in [-0.3, -0.25) is 13.9 Å². The third kappa shape index (κ3) is 7.77. The smallest absolute Gasteiger partial charge is 0.264 e. The highest BCUT2D eigenvalue weighted by Gasteiger charge is 2.32. The lowest BCUT2D eigenvalue weighted by Crippen LogP contribution is -2.51. The molecule has 0 spiro atoms. The molecule has 10 heteroatoms. The number of hydrogen-bond donors (Lipinski definition) is 1. The fourth-order valence-corrected chi connectivity index (χ4v) is 5.99. The Kier molecular flexibility index (Phi) is 10.6. The van der Waals surface area contributed by atoms with Crippen LogP contribution in [0.15, 0.2) is 65.6 Å². The van der Waals surface area contributed by atoms with Crippen molar-refractivity contribution < 1.29 is 18.0 Å². The van der Waals surface area contributed by atoms with Crippen LogP contribution in [0, 0.1) is 20.8 Å². The quantitative estimate of drug-likeness (QED) is 0.289. The van der Waals surface area contributed by atoms with E-state index < -0.39 is 28.5 Å². The van der Waals surface area contributed by atoms with Gasteiger partial charge in [0.2, 0.25) is 11.8 Å². The Morgan fingerprint density at radius 3 is 2.08 bits per heavy atom. The molecule has 0 radical (unpaired) electrons. The van der Waals surface area contributed by atoms with Gasteiger partial charge in [-0.2, -0.15) is 0 Å². The molecule has 7 nitrogen and oxygen atoms in total. The molecule has 1 N–H and O–H groups in total. The zero-order valence-corrected chi connectivity index (χ0v) is 25.7. The zero-order chi connectivity index (χ0) is 29.6. The summed E-state index contributed by atoms with van der Waals surface area (Å²) in [6, 6.07) is 16.0. The number of anilines is 1. The summed E-state index contributed by atoms with van der Waals surface area (Å²) in [5.74, 6) is -0.880. The van der Waals surface area contributed by atoms with Crippen LogP contribution in [-0.2, 0) is 26.2 Å². The van der Waals surface area contributed by atoms with Gasteiger partial charge in [-0.15, -0.1) is 0 Å². The average molecular weight is 605 g/mol. The highest BCUT2D eigenvalue weighted by Crippen LogP contribution is 2.28. The van der Waals surface area contributed by atoms with Crippen LogP contribution in [0.5, 0.6) is 0 Å². The van der Waals surface area contributed by atoms with Gasteiger partial charge >= 0.3 is 0 Å². The number of rotatable bonds is 11. The molecule has 3 aromatic rings. The number of benzene rings is 3. The molecule has 3 aromatic carbocycles. The summed E-state index contributed by atoms with van der Waals surface area (Å²) in [7, 11) is -4.13. The number of sulfonamides is 1. The monoisotopic (exact) mass is 603 g/mol. The van der Waals surface area contributed by atoms with E-state index >= 15 is 0 Å². The molecule has 0 fully saturated rings. The average Bonchev–Trinajstić information content (AvgIpc) is 2.90. The normalized spacial score (nSPS) is 12.1. The molecule has 0 aliphatic rings. The van der Waals surface area contributed by atoms with Gasteiger partial charge in [0.05, 0.1) is 20.6 Å². The van der Waals surface area contributed by atoms with E-state index in [-0.39, 0.29) is 17.3 Å². The molecule has 1 unspecified atom stereocenters. The van der Waals surface area contributed by atoms with Gasteiger partial charge in [0.1, 0.15) is 12.6 Å². The Hall–Kier alpha value is -3.07. The van der Waals surface area contributed by atoms with E-state index in [9.17, 15) is 18.0 Å². The summed E-state index contributed by atoms with van der Waals surface area (Å²) in [6.45, 7) is 9.13. The second kappa shape index (κ2) is 13.5. The Morgan fingerprint density at radius 2 is 1.50 bits per heavy atom. The summed E-state index contributed by atoms with van der Waals surface area (Å²) in [5, 5.41) is 3.50. The maximum atomic E-state index is 14.0. The highest BCUT2D eigenvalue weighted by atomic mass is 35.5. The van der Waals surface area contributed by atoms with Crippen molar-refractivity contribution in [2.24, 2.45) is 0 Å². The molecule has 0 heterocycles. The van der Waals surface area contributed by atoms with Crippen LogP contribution in [0.2, 0.25) is 10.0 Å². The first kappa shape index (κ1) is 31.5. The van der Waals surface area contributed by atoms with E-state index in [4.69, 9.17) is 23.2 Å². The Labute approximate surface area is 247 Å². The molecule has 0 aliphatic carbocycles. The van der Waals surface area contributed by atoms with Crippen molar-refractivity contribution in [1.29, 1.82) is 0 Å². The number of amides is 2. The van der Waals surface area contributed by atoms with Crippen LogP contribution in [-0.4, -0.2) is 44.3 Å². The number of aryl methyl sites for hydroxylation is 3. The number of carbonyl (C=O) groups excluding carboxylic acids is 2. The molecule has 3 rings (SSSR count). The minimum atomic E-state index is -4.13. The molecule has 40 heavy (non-hydrogen) atoms. The minimum Gasteiger partial charge on any atom is -0.354 e. The van der Waals surface area contributed by atoms with Crippen molar-refractivity contribution >= 4 is 50.7 Å². The van der Waals surface area contributed by atoms with Crippen LogP contribution in [0.3, 0.4) is 0 Å². The van der Waals surface area contributed by atoms with Crippen molar-refractivity contribution in [2.45, 2.75) is 58.5 Å². The lowest BCUT2D eigenvalue weighted by atomic mass is 10.1. The summed E-state index contributed by atoms with van der Waals surface area (Å²) in [6.07, 6.45) is 0.731. The van der Waals surface area contributed by atoms with Crippen LogP contribution < -0.4 is 9.62 Å². The van der Waals surface area contributed by atoms with E-state index in [0.717, 1.165) is 27.4 Å². The second-order valence-corrected chi connectivity index (χ2v) is 12.6. The van der Waals surface area contributed by atoms with Gasteiger partial charge in [-0.1, -0.05) is 60.0 Å². The SMILES string of the molecule is CCCNC(=O)C(C)N(Cc1ccc(Cl)c(Cl)c1)C(=O)CN(c1cc(C)cc(C)c1)S(=O)(=O)c1ccc(C)cc1. The Balaban J connectivity index is 2.06. The van der Waals surface area contributed by atoms with E-state index in [1.54, 1.807) is 49.4 Å². The third-order valence-corrected chi connectivity index (χ3v) is 8.96. The van der Waals surface area contributed by atoms with Gasteiger partial charge in [-0.25, -0.2) is 8.42 Å². The van der Waals surface area contributed by atoms with Gasteiger partial charge in [0, 0.05) is 13.1 Å². The molecule has 0 saturated heterocycles. The van der Waals surface area contributed by atoms with E-state index in [0.29, 0.717) is 27.8 Å². The topological polar surface area (TPSA) is 86.8 Å². The van der Waals surface area contributed by atoms with Crippen LogP contribution in [0.4, 0.5) is 5.69 Å². The summed E-state index contributed by atoms with van der Waals surface area (Å²) in [4.78, 5) is 28.4. The summed E-state index contributed by atoms with van der Waals surface area (Å²) in [5.41, 5.74) is 3.63. The predicted octanol–water partition coefficient (Wildman–Crippen LogP) is 6.06. The number of nitrogens with zero attached hydrogens (tertiary/aromatic N) is 2. The second-order valence-electron chi connectivity index (χ2n) is 9.91. The molecule has 0 bridgehead atoms. The van der Waals surface area contributed by atoms with Crippen molar-refractivity contribution in [3.63, 3.8) is 0 Å². The highest BCUT2D eigenvalue weighted by molar-refractivity contribution is 7.92. The van der Waals surface area contributed by atoms with Crippen molar-refractivity contribution in [3.05, 3.63) is 93.0 Å². The summed E-state index contributed by atoms with van der Waals surface area (Å²) >= 11 is 12.3. The molecule has 1 atom stereocenters. The Morgan fingerprint density at radius 1 is 0.875 bits per heavy atom. The first-order valence-corrected chi connectivity index (χ1v) is 15.2. The number of halogens is 2. The van der Waals surface area contributed by atoms with E-state index in [1.165, 1.54) is 17.0 Å². The molecular weight excluding hydrogens is 569 g/mol. The van der Waals surface area contributed by atoms with Crippen molar-refractivity contribution in [3.8, 4) is 0 Å². The molecule has 0 aromatic heterocycles. The first-order chi connectivity index (χ1) is 18.8. The zero-order valence-electron chi connectivity index (χ0n) is 23.4. The molecule has 2 amide bonds. The maximum absolute atomic E-state index is 14.0. The predicted molar refractivity (Wildman–Crippen MR) is 161 cm³/mol. The fourth-order valence-electron chi connectivity index (χ4n) is 4.27. The van der Waals surface area contributed by atoms with Crippen molar-refractivity contribution in [2.75, 3.05) is 17.4 Å². The van der Waals surface area contributed by atoms with Gasteiger partial charge in [0.15, 0.2) is 0 Å². The third-order valence-electron chi connectivity index (χ3n) is 6.44. The maximum Gasteiger partial charge on any atom is 0.264 e. The van der Waals surface area contributed by atoms with Gasteiger partial charge in [0.25, 0.3) is 10.0 Å².